The molecule has 0 radical (unpaired) electrons. The molecule has 0 saturated heterocycles. The molecular formula is C16H22. The average Bonchev–Trinajstić information content (AvgIpc) is 2.15. The highest BCUT2D eigenvalue weighted by Gasteiger charge is 2.19. The lowest BCUT2D eigenvalue weighted by molar-refractivity contribution is 0.419. The van der Waals surface area contributed by atoms with E-state index in [0.29, 0.717) is 0 Å². The monoisotopic (exact) mass is 214 g/mol. The molecule has 1 fully saturated rings. The second kappa shape index (κ2) is 5.34. The van der Waals surface area contributed by atoms with Crippen LogP contribution in [0.1, 0.15) is 56.6 Å². The third-order valence-corrected chi connectivity index (χ3v) is 3.56. The summed E-state index contributed by atoms with van der Waals surface area (Å²) in [7, 11) is 0. The summed E-state index contributed by atoms with van der Waals surface area (Å²) in [6, 6.07) is 9.19. The standard InChI is InChI=1S/C16H22/c1-3-6-13(2)11-14-7-4-10-16(12-14)15-8-5-9-15/h4,6-7,10,12,15H,3,5,8-9,11H2,1-2H3/b13-6-. The van der Waals surface area contributed by atoms with E-state index in [1.165, 1.54) is 30.4 Å². The number of benzene rings is 1. The van der Waals surface area contributed by atoms with Gasteiger partial charge in [-0.05, 0) is 49.7 Å². The minimum absolute atomic E-state index is 0.857. The molecule has 0 unspecified atom stereocenters. The van der Waals surface area contributed by atoms with Crippen molar-refractivity contribution in [2.45, 2.75) is 51.9 Å². The van der Waals surface area contributed by atoms with Crippen molar-refractivity contribution < 1.29 is 0 Å². The van der Waals surface area contributed by atoms with Crippen LogP contribution in [0.3, 0.4) is 0 Å². The van der Waals surface area contributed by atoms with Gasteiger partial charge in [-0.25, -0.2) is 0 Å². The lowest BCUT2D eigenvalue weighted by Crippen LogP contribution is -2.08. The molecule has 1 aliphatic rings. The number of hydrogen-bond donors (Lipinski definition) is 0. The average molecular weight is 214 g/mol. The van der Waals surface area contributed by atoms with Crippen LogP contribution in [0.25, 0.3) is 0 Å². The van der Waals surface area contributed by atoms with Gasteiger partial charge in [-0.2, -0.15) is 0 Å². The second-order valence-corrected chi connectivity index (χ2v) is 5.01. The highest BCUT2D eigenvalue weighted by atomic mass is 14.2. The van der Waals surface area contributed by atoms with Gasteiger partial charge in [-0.15, -0.1) is 0 Å². The van der Waals surface area contributed by atoms with E-state index < -0.39 is 0 Å². The summed E-state index contributed by atoms with van der Waals surface area (Å²) in [6.07, 6.45) is 8.81. The highest BCUT2D eigenvalue weighted by molar-refractivity contribution is 5.30. The minimum Gasteiger partial charge on any atom is -0.0855 e. The SMILES string of the molecule is CC/C=C(/C)Cc1cccc(C2CCC2)c1. The number of rotatable bonds is 4. The first-order chi connectivity index (χ1) is 7.79. The number of allylic oxidation sites excluding steroid dienone is 2. The fraction of sp³-hybridized carbons (Fsp3) is 0.500. The molecule has 86 valence electrons. The zero-order valence-electron chi connectivity index (χ0n) is 10.5. The molecule has 0 spiro atoms. The van der Waals surface area contributed by atoms with Crippen molar-refractivity contribution >= 4 is 0 Å². The highest BCUT2D eigenvalue weighted by Crippen LogP contribution is 2.36. The zero-order chi connectivity index (χ0) is 11.4. The van der Waals surface area contributed by atoms with Crippen LogP contribution in [0, 0.1) is 0 Å². The largest absolute Gasteiger partial charge is 0.0855 e. The molecule has 0 aliphatic heterocycles. The Hall–Kier alpha value is -1.04. The smallest absolute Gasteiger partial charge is 0.00698 e. The minimum atomic E-state index is 0.857. The maximum absolute atomic E-state index is 2.41. The Morgan fingerprint density at radius 1 is 1.38 bits per heavy atom. The predicted molar refractivity (Wildman–Crippen MR) is 70.8 cm³/mol. The fourth-order valence-corrected chi connectivity index (χ4v) is 2.44. The van der Waals surface area contributed by atoms with Crippen molar-refractivity contribution in [2.24, 2.45) is 0 Å². The van der Waals surface area contributed by atoms with Crippen molar-refractivity contribution in [1.82, 2.24) is 0 Å². The fourth-order valence-electron chi connectivity index (χ4n) is 2.44. The molecule has 1 aromatic rings. The van der Waals surface area contributed by atoms with Crippen molar-refractivity contribution in [1.29, 1.82) is 0 Å². The van der Waals surface area contributed by atoms with Crippen LogP contribution in [0.5, 0.6) is 0 Å². The maximum atomic E-state index is 2.41. The second-order valence-electron chi connectivity index (χ2n) is 5.01. The van der Waals surface area contributed by atoms with Crippen LogP contribution >= 0.6 is 0 Å². The Kier molecular flexibility index (Phi) is 3.82. The molecule has 1 aromatic carbocycles. The van der Waals surface area contributed by atoms with Gasteiger partial charge < -0.3 is 0 Å². The van der Waals surface area contributed by atoms with Crippen LogP contribution in [0.4, 0.5) is 0 Å². The Balaban J connectivity index is 2.06. The molecule has 0 amide bonds. The van der Waals surface area contributed by atoms with Crippen LogP contribution < -0.4 is 0 Å². The Bertz CT molecular complexity index is 369. The normalized spacial score (nSPS) is 17.2. The van der Waals surface area contributed by atoms with Gasteiger partial charge in [0, 0.05) is 0 Å². The summed E-state index contributed by atoms with van der Waals surface area (Å²) in [5, 5.41) is 0. The van der Waals surface area contributed by atoms with Gasteiger partial charge in [-0.1, -0.05) is 49.3 Å². The maximum Gasteiger partial charge on any atom is -0.00698 e. The van der Waals surface area contributed by atoms with Gasteiger partial charge in [0.1, 0.15) is 0 Å². The Morgan fingerprint density at radius 2 is 2.19 bits per heavy atom. The zero-order valence-corrected chi connectivity index (χ0v) is 10.5. The van der Waals surface area contributed by atoms with Gasteiger partial charge in [-0.3, -0.25) is 0 Å². The molecule has 2 rings (SSSR count). The summed E-state index contributed by atoms with van der Waals surface area (Å²) in [4.78, 5) is 0. The molecule has 16 heavy (non-hydrogen) atoms. The first kappa shape index (κ1) is 11.4. The Labute approximate surface area is 99.4 Å². The van der Waals surface area contributed by atoms with Crippen LogP contribution in [0.15, 0.2) is 35.9 Å². The molecular weight excluding hydrogens is 192 g/mol. The van der Waals surface area contributed by atoms with Gasteiger partial charge in [0.25, 0.3) is 0 Å². The molecule has 0 heterocycles. The van der Waals surface area contributed by atoms with Gasteiger partial charge in [0.2, 0.25) is 0 Å². The van der Waals surface area contributed by atoms with E-state index in [0.717, 1.165) is 18.8 Å². The lowest BCUT2D eigenvalue weighted by Gasteiger charge is -2.26. The van der Waals surface area contributed by atoms with E-state index in [1.54, 1.807) is 5.56 Å². The van der Waals surface area contributed by atoms with Crippen molar-refractivity contribution in [2.75, 3.05) is 0 Å². The summed E-state index contributed by atoms with van der Waals surface area (Å²) in [5.41, 5.74) is 4.54. The van der Waals surface area contributed by atoms with Gasteiger partial charge >= 0.3 is 0 Å². The summed E-state index contributed by atoms with van der Waals surface area (Å²) >= 11 is 0. The van der Waals surface area contributed by atoms with Crippen LogP contribution in [-0.2, 0) is 6.42 Å². The lowest BCUT2D eigenvalue weighted by atomic mass is 9.79. The van der Waals surface area contributed by atoms with Gasteiger partial charge in [0.15, 0.2) is 0 Å². The van der Waals surface area contributed by atoms with Crippen molar-refractivity contribution in [3.8, 4) is 0 Å². The summed E-state index contributed by atoms with van der Waals surface area (Å²) < 4.78 is 0. The molecule has 0 heteroatoms. The molecule has 0 N–H and O–H groups in total. The quantitative estimate of drug-likeness (QED) is 0.628. The van der Waals surface area contributed by atoms with E-state index >= 15 is 0 Å². The predicted octanol–water partition coefficient (Wildman–Crippen LogP) is 4.85. The van der Waals surface area contributed by atoms with Crippen LogP contribution in [-0.4, -0.2) is 0 Å². The van der Waals surface area contributed by atoms with Gasteiger partial charge in [0.05, 0.1) is 0 Å². The van der Waals surface area contributed by atoms with E-state index in [-0.39, 0.29) is 0 Å². The third-order valence-electron chi connectivity index (χ3n) is 3.56. The van der Waals surface area contributed by atoms with Crippen LogP contribution in [0.2, 0.25) is 0 Å². The first-order valence-corrected chi connectivity index (χ1v) is 6.54. The van der Waals surface area contributed by atoms with E-state index in [4.69, 9.17) is 0 Å². The summed E-state index contributed by atoms with van der Waals surface area (Å²) in [6.45, 7) is 4.44. The molecule has 1 saturated carbocycles. The molecule has 0 bridgehead atoms. The van der Waals surface area contributed by atoms with E-state index in [1.807, 2.05) is 0 Å². The summed E-state index contributed by atoms with van der Waals surface area (Å²) in [5.74, 6) is 0.857. The molecule has 0 aromatic heterocycles. The molecule has 0 atom stereocenters. The van der Waals surface area contributed by atoms with E-state index in [2.05, 4.69) is 44.2 Å². The number of hydrogen-bond acceptors (Lipinski definition) is 0. The Morgan fingerprint density at radius 3 is 2.81 bits per heavy atom. The molecule has 1 aliphatic carbocycles. The van der Waals surface area contributed by atoms with E-state index in [9.17, 15) is 0 Å². The topological polar surface area (TPSA) is 0 Å². The van der Waals surface area contributed by atoms with Crippen molar-refractivity contribution in [3.63, 3.8) is 0 Å². The third kappa shape index (κ3) is 2.75. The first-order valence-electron chi connectivity index (χ1n) is 6.54. The molecule has 0 nitrogen and oxygen atoms in total. The van der Waals surface area contributed by atoms with Crippen molar-refractivity contribution in [3.05, 3.63) is 47.0 Å².